The number of hydrogen-bond donors (Lipinski definition) is 0. The maximum atomic E-state index is 11.3. The largest absolute Gasteiger partial charge is 0.463 e. The van der Waals surface area contributed by atoms with Crippen LogP contribution in [-0.4, -0.2) is 31.1 Å². The van der Waals surface area contributed by atoms with Crippen molar-refractivity contribution in [1.82, 2.24) is 0 Å². The zero-order valence-electron chi connectivity index (χ0n) is 16.1. The number of ether oxygens (including phenoxy) is 1. The highest BCUT2D eigenvalue weighted by Gasteiger charge is 2.37. The SMILES string of the molecule is CCC(=O)OOC1CCN(c2cccc(COC=O)c2)C(C(C)(C)C)C1. The van der Waals surface area contributed by atoms with Gasteiger partial charge in [-0.15, -0.1) is 0 Å². The van der Waals surface area contributed by atoms with Crippen LogP contribution in [0.1, 0.15) is 52.5 Å². The van der Waals surface area contributed by atoms with E-state index in [0.29, 0.717) is 12.9 Å². The van der Waals surface area contributed by atoms with Gasteiger partial charge in [-0.3, -0.25) is 9.68 Å². The van der Waals surface area contributed by atoms with Crippen molar-refractivity contribution < 1.29 is 24.1 Å². The Morgan fingerprint density at radius 2 is 2.12 bits per heavy atom. The summed E-state index contributed by atoms with van der Waals surface area (Å²) in [7, 11) is 0. The van der Waals surface area contributed by atoms with Crippen molar-refractivity contribution in [3.63, 3.8) is 0 Å². The van der Waals surface area contributed by atoms with Gasteiger partial charge in [-0.05, 0) is 36.0 Å². The number of hydrogen-bond acceptors (Lipinski definition) is 6. The summed E-state index contributed by atoms with van der Waals surface area (Å²) < 4.78 is 4.87. The molecule has 2 unspecified atom stereocenters. The Balaban J connectivity index is 2.13. The lowest BCUT2D eigenvalue weighted by molar-refractivity contribution is -0.302. The third-order valence-corrected chi connectivity index (χ3v) is 4.68. The number of anilines is 1. The van der Waals surface area contributed by atoms with Gasteiger partial charge in [0.05, 0.1) is 0 Å². The summed E-state index contributed by atoms with van der Waals surface area (Å²) in [5.41, 5.74) is 2.07. The molecule has 0 spiro atoms. The molecule has 1 aromatic carbocycles. The average Bonchev–Trinajstić information content (AvgIpc) is 2.63. The molecule has 0 radical (unpaired) electrons. The van der Waals surface area contributed by atoms with Crippen LogP contribution in [0.3, 0.4) is 0 Å². The highest BCUT2D eigenvalue weighted by molar-refractivity contribution is 5.68. The van der Waals surface area contributed by atoms with Crippen molar-refractivity contribution in [2.75, 3.05) is 11.4 Å². The van der Waals surface area contributed by atoms with E-state index in [1.165, 1.54) is 0 Å². The molecule has 1 aromatic rings. The molecule has 1 aliphatic heterocycles. The third-order valence-electron chi connectivity index (χ3n) is 4.68. The van der Waals surface area contributed by atoms with Gasteiger partial charge in [-0.25, -0.2) is 4.79 Å². The Hall–Kier alpha value is -2.08. The number of piperidine rings is 1. The zero-order chi connectivity index (χ0) is 19.2. The van der Waals surface area contributed by atoms with Crippen LogP contribution in [0.4, 0.5) is 5.69 Å². The van der Waals surface area contributed by atoms with Gasteiger partial charge in [0.25, 0.3) is 6.47 Å². The minimum atomic E-state index is -0.345. The molecule has 1 fully saturated rings. The first kappa shape index (κ1) is 20.2. The van der Waals surface area contributed by atoms with Crippen molar-refractivity contribution in [1.29, 1.82) is 0 Å². The molecule has 1 saturated heterocycles. The fraction of sp³-hybridized carbons (Fsp3) is 0.600. The number of carbonyl (C=O) groups is 2. The molecule has 2 atom stereocenters. The highest BCUT2D eigenvalue weighted by Crippen LogP contribution is 2.36. The van der Waals surface area contributed by atoms with E-state index in [1.54, 1.807) is 6.92 Å². The smallest absolute Gasteiger partial charge is 0.342 e. The normalized spacial score (nSPS) is 20.5. The maximum Gasteiger partial charge on any atom is 0.342 e. The fourth-order valence-electron chi connectivity index (χ4n) is 3.29. The van der Waals surface area contributed by atoms with Gasteiger partial charge in [-0.2, -0.15) is 4.89 Å². The van der Waals surface area contributed by atoms with E-state index in [0.717, 1.165) is 30.6 Å². The molecule has 26 heavy (non-hydrogen) atoms. The summed E-state index contributed by atoms with van der Waals surface area (Å²) in [6, 6.07) is 8.27. The van der Waals surface area contributed by atoms with Gasteiger partial charge >= 0.3 is 5.97 Å². The summed E-state index contributed by atoms with van der Waals surface area (Å²) in [4.78, 5) is 34.4. The van der Waals surface area contributed by atoms with Crippen LogP contribution in [0.5, 0.6) is 0 Å². The molecular weight excluding hydrogens is 334 g/mol. The van der Waals surface area contributed by atoms with Crippen LogP contribution >= 0.6 is 0 Å². The lowest BCUT2D eigenvalue weighted by atomic mass is 9.79. The molecule has 2 rings (SSSR count). The summed E-state index contributed by atoms with van der Waals surface area (Å²) >= 11 is 0. The third kappa shape index (κ3) is 5.46. The Kier molecular flexibility index (Phi) is 7.03. The predicted molar refractivity (Wildman–Crippen MR) is 98.4 cm³/mol. The van der Waals surface area contributed by atoms with Crippen molar-refractivity contribution in [2.24, 2.45) is 5.41 Å². The van der Waals surface area contributed by atoms with E-state index < -0.39 is 0 Å². The lowest BCUT2D eigenvalue weighted by Gasteiger charge is -2.46. The summed E-state index contributed by atoms with van der Waals surface area (Å²) in [5.74, 6) is -0.345. The Morgan fingerprint density at radius 3 is 2.77 bits per heavy atom. The summed E-state index contributed by atoms with van der Waals surface area (Å²) in [6.07, 6.45) is 1.75. The van der Waals surface area contributed by atoms with Gasteiger partial charge in [-0.1, -0.05) is 39.8 Å². The zero-order valence-corrected chi connectivity index (χ0v) is 16.1. The van der Waals surface area contributed by atoms with Gasteiger partial charge in [0.1, 0.15) is 12.7 Å². The predicted octanol–water partition coefficient (Wildman–Crippen LogP) is 3.63. The minimum absolute atomic E-state index is 0.0199. The number of benzene rings is 1. The van der Waals surface area contributed by atoms with E-state index in [-0.39, 0.29) is 30.1 Å². The molecule has 144 valence electrons. The second kappa shape index (κ2) is 9.03. The molecule has 0 aromatic heterocycles. The number of rotatable bonds is 7. The molecule has 6 nitrogen and oxygen atoms in total. The van der Waals surface area contributed by atoms with Crippen LogP contribution in [0, 0.1) is 5.41 Å². The van der Waals surface area contributed by atoms with Crippen LogP contribution in [-0.2, 0) is 30.7 Å². The number of nitrogens with zero attached hydrogens (tertiary/aromatic N) is 1. The van der Waals surface area contributed by atoms with Crippen molar-refractivity contribution in [3.05, 3.63) is 29.8 Å². The van der Waals surface area contributed by atoms with E-state index in [9.17, 15) is 9.59 Å². The summed E-state index contributed by atoms with van der Waals surface area (Å²) in [6.45, 7) is 9.87. The van der Waals surface area contributed by atoms with E-state index in [2.05, 4.69) is 37.8 Å². The molecule has 0 saturated carbocycles. The molecule has 6 heteroatoms. The Labute approximate surface area is 155 Å². The first-order chi connectivity index (χ1) is 12.3. The van der Waals surface area contributed by atoms with E-state index >= 15 is 0 Å². The van der Waals surface area contributed by atoms with Crippen molar-refractivity contribution in [3.8, 4) is 0 Å². The van der Waals surface area contributed by atoms with Crippen LogP contribution in [0.15, 0.2) is 24.3 Å². The van der Waals surface area contributed by atoms with Gasteiger partial charge in [0.2, 0.25) is 0 Å². The standard InChI is InChI=1S/C20H29NO5/c1-5-19(23)26-25-17-9-10-21(18(12-17)20(2,3)4)16-8-6-7-15(11-16)13-24-14-22/h6-8,11,14,17-18H,5,9-10,12-13H2,1-4H3. The second-order valence-electron chi connectivity index (χ2n) is 7.70. The molecule has 0 amide bonds. The number of carbonyl (C=O) groups excluding carboxylic acids is 2. The second-order valence-corrected chi connectivity index (χ2v) is 7.70. The maximum absolute atomic E-state index is 11.3. The monoisotopic (exact) mass is 363 g/mol. The van der Waals surface area contributed by atoms with Crippen LogP contribution in [0.2, 0.25) is 0 Å². The summed E-state index contributed by atoms with van der Waals surface area (Å²) in [5, 5.41) is 0. The first-order valence-corrected chi connectivity index (χ1v) is 9.12. The average molecular weight is 363 g/mol. The molecule has 1 aliphatic rings. The van der Waals surface area contributed by atoms with Gasteiger partial charge in [0.15, 0.2) is 0 Å². The lowest BCUT2D eigenvalue weighted by Crippen LogP contribution is -2.51. The molecule has 0 aliphatic carbocycles. The van der Waals surface area contributed by atoms with Crippen molar-refractivity contribution >= 4 is 18.1 Å². The Bertz CT molecular complexity index is 610. The van der Waals surface area contributed by atoms with Crippen LogP contribution in [0.25, 0.3) is 0 Å². The van der Waals surface area contributed by atoms with E-state index in [4.69, 9.17) is 14.5 Å². The topological polar surface area (TPSA) is 65.1 Å². The molecular formula is C20H29NO5. The molecule has 0 bridgehead atoms. The molecule has 1 heterocycles. The van der Waals surface area contributed by atoms with E-state index in [1.807, 2.05) is 12.1 Å². The van der Waals surface area contributed by atoms with Crippen molar-refractivity contribution in [2.45, 2.75) is 65.7 Å². The highest BCUT2D eigenvalue weighted by atomic mass is 17.2. The quantitative estimate of drug-likeness (QED) is 0.419. The fourth-order valence-corrected chi connectivity index (χ4v) is 3.29. The molecule has 0 N–H and O–H groups in total. The Morgan fingerprint density at radius 1 is 1.35 bits per heavy atom. The van der Waals surface area contributed by atoms with Gasteiger partial charge < -0.3 is 9.64 Å². The minimum Gasteiger partial charge on any atom is -0.463 e. The first-order valence-electron chi connectivity index (χ1n) is 9.12. The van der Waals surface area contributed by atoms with Gasteiger partial charge in [0, 0.05) is 24.7 Å². The van der Waals surface area contributed by atoms with Crippen LogP contribution < -0.4 is 4.90 Å².